The van der Waals surface area contributed by atoms with E-state index in [0.29, 0.717) is 0 Å². The first kappa shape index (κ1) is 22.4. The van der Waals surface area contributed by atoms with Gasteiger partial charge in [0.25, 0.3) is 6.43 Å². The number of carbonyl (C=O) groups excluding carboxylic acids is 2. The summed E-state index contributed by atoms with van der Waals surface area (Å²) in [6.07, 6.45) is -9.44. The van der Waals surface area contributed by atoms with Gasteiger partial charge in [-0.1, -0.05) is 0 Å². The van der Waals surface area contributed by atoms with Crippen LogP contribution in [0.15, 0.2) is 0 Å². The van der Waals surface area contributed by atoms with Gasteiger partial charge in [0.05, 0.1) is 30.7 Å². The van der Waals surface area contributed by atoms with Crippen LogP contribution in [0.2, 0.25) is 0 Å². The number of halogens is 7. The zero-order chi connectivity index (χ0) is 20.2. The van der Waals surface area contributed by atoms with Crippen LogP contribution < -0.4 is 0 Å². The van der Waals surface area contributed by atoms with Crippen LogP contribution in [0.25, 0.3) is 0 Å². The fourth-order valence-corrected chi connectivity index (χ4v) is 2.41. The molecule has 0 amide bonds. The summed E-state index contributed by atoms with van der Waals surface area (Å²) in [5, 5.41) is -1.07. The van der Waals surface area contributed by atoms with E-state index in [1.54, 1.807) is 0 Å². The molecule has 0 aliphatic heterocycles. The summed E-state index contributed by atoms with van der Waals surface area (Å²) in [6, 6.07) is 0. The number of rotatable bonds is 6. The largest absolute Gasteiger partial charge is 0.465 e. The molecule has 146 valence electrons. The number of esters is 2. The Morgan fingerprint density at radius 3 is 2.00 bits per heavy atom. The van der Waals surface area contributed by atoms with E-state index in [0.717, 1.165) is 14.2 Å². The number of pyridine rings is 1. The molecule has 0 bridgehead atoms. The molecule has 0 radical (unpaired) electrons. The highest BCUT2D eigenvalue weighted by Crippen LogP contribution is 2.38. The topological polar surface area (TPSA) is 65.5 Å². The summed E-state index contributed by atoms with van der Waals surface area (Å²) >= 11 is 11.3. The molecule has 26 heavy (non-hydrogen) atoms. The summed E-state index contributed by atoms with van der Waals surface area (Å²) in [4.78, 5) is 26.7. The van der Waals surface area contributed by atoms with Crippen molar-refractivity contribution in [3.8, 4) is 0 Å². The maximum Gasteiger partial charge on any atom is 0.434 e. The molecule has 0 saturated carbocycles. The van der Waals surface area contributed by atoms with Crippen molar-refractivity contribution < 1.29 is 41.0 Å². The molecule has 0 aliphatic rings. The Kier molecular flexibility index (Phi) is 7.57. The molecule has 1 heterocycles. The number of aromatic nitrogens is 1. The zero-order valence-electron chi connectivity index (χ0n) is 13.3. The van der Waals surface area contributed by atoms with Crippen LogP contribution in [-0.4, -0.2) is 42.4 Å². The lowest BCUT2D eigenvalue weighted by Crippen LogP contribution is -2.26. The first-order chi connectivity index (χ1) is 12.0. The molecule has 1 aromatic rings. The highest BCUT2D eigenvalue weighted by Gasteiger charge is 2.43. The highest BCUT2D eigenvalue weighted by molar-refractivity contribution is 6.28. The van der Waals surface area contributed by atoms with Crippen LogP contribution in [0.4, 0.5) is 22.0 Å². The number of methoxy groups -OCH3 is 2. The smallest absolute Gasteiger partial charge is 0.434 e. The van der Waals surface area contributed by atoms with Crippen molar-refractivity contribution in [1.29, 1.82) is 0 Å². The van der Waals surface area contributed by atoms with Crippen molar-refractivity contribution in [3.63, 3.8) is 0 Å². The maximum atomic E-state index is 13.3. The van der Waals surface area contributed by atoms with Crippen molar-refractivity contribution in [3.05, 3.63) is 28.1 Å². The highest BCUT2D eigenvalue weighted by atomic mass is 35.5. The van der Waals surface area contributed by atoms with Gasteiger partial charge in [-0.15, -0.1) is 23.2 Å². The second-order valence-electron chi connectivity index (χ2n) is 4.81. The van der Waals surface area contributed by atoms with Crippen LogP contribution in [0, 0.1) is 0 Å². The Labute approximate surface area is 154 Å². The number of nitrogens with zero attached hydrogens (tertiary/aromatic N) is 1. The lowest BCUT2D eigenvalue weighted by atomic mass is 9.94. The van der Waals surface area contributed by atoms with E-state index in [9.17, 15) is 31.5 Å². The average molecular weight is 424 g/mol. The van der Waals surface area contributed by atoms with Crippen molar-refractivity contribution >= 4 is 35.1 Å². The normalized spacial score (nSPS) is 12.8. The van der Waals surface area contributed by atoms with Gasteiger partial charge < -0.3 is 9.47 Å². The Morgan fingerprint density at radius 2 is 1.62 bits per heavy atom. The summed E-state index contributed by atoms with van der Waals surface area (Å²) in [6.45, 7) is 0. The van der Waals surface area contributed by atoms with Crippen LogP contribution in [0.1, 0.15) is 44.1 Å². The number of carbonyl (C=O) groups is 2. The first-order valence-electron chi connectivity index (χ1n) is 6.78. The van der Waals surface area contributed by atoms with E-state index < -0.39 is 64.4 Å². The van der Waals surface area contributed by atoms with Gasteiger partial charge in [0, 0.05) is 5.88 Å². The third kappa shape index (κ3) is 4.73. The predicted octanol–water partition coefficient (Wildman–Crippen LogP) is 4.00. The lowest BCUT2D eigenvalue weighted by Gasteiger charge is -2.21. The van der Waals surface area contributed by atoms with E-state index in [1.165, 1.54) is 0 Å². The summed E-state index contributed by atoms with van der Waals surface area (Å²) < 4.78 is 75.2. The number of hydrogen-bond donors (Lipinski definition) is 0. The van der Waals surface area contributed by atoms with Gasteiger partial charge in [-0.25, -0.2) is 23.4 Å². The minimum Gasteiger partial charge on any atom is -0.465 e. The molecule has 12 heteroatoms. The Hall–Kier alpha value is -1.68. The Bertz CT molecular complexity index is 697. The minimum atomic E-state index is -5.28. The van der Waals surface area contributed by atoms with Gasteiger partial charge in [-0.2, -0.15) is 13.2 Å². The first-order valence-corrected chi connectivity index (χ1v) is 7.75. The van der Waals surface area contributed by atoms with Crippen LogP contribution in [0.3, 0.4) is 0 Å². The SMILES string of the molecule is COC(=O)c1c(C(F)F)nc(C(F)(F)F)c(C(=O)OC)c1CC(Cl)CCl. The van der Waals surface area contributed by atoms with Crippen LogP contribution in [-0.2, 0) is 22.1 Å². The van der Waals surface area contributed by atoms with Gasteiger partial charge in [-0.3, -0.25) is 0 Å². The standard InChI is InChI=1S/C14H12Cl2F5NO4/c1-25-12(23)7-6(3-5(16)4-15)8(13(24)26-2)10(14(19,20)21)22-9(7)11(17)18/h5,11H,3-4H2,1-2H3. The second kappa shape index (κ2) is 8.81. The molecule has 0 spiro atoms. The monoisotopic (exact) mass is 423 g/mol. The molecule has 5 nitrogen and oxygen atoms in total. The minimum absolute atomic E-state index is 0.295. The zero-order valence-corrected chi connectivity index (χ0v) is 14.8. The Balaban J connectivity index is 4.04. The van der Waals surface area contributed by atoms with Gasteiger partial charge in [-0.05, 0) is 12.0 Å². The van der Waals surface area contributed by atoms with Gasteiger partial charge in [0.1, 0.15) is 5.69 Å². The molecular formula is C14H12Cl2F5NO4. The lowest BCUT2D eigenvalue weighted by molar-refractivity contribution is -0.142. The summed E-state index contributed by atoms with van der Waals surface area (Å²) in [5.41, 5.74) is -6.29. The van der Waals surface area contributed by atoms with Crippen molar-refractivity contribution in [2.75, 3.05) is 20.1 Å². The van der Waals surface area contributed by atoms with Crippen LogP contribution >= 0.6 is 23.2 Å². The second-order valence-corrected chi connectivity index (χ2v) is 5.74. The number of alkyl halides is 7. The number of hydrogen-bond acceptors (Lipinski definition) is 5. The molecule has 0 fully saturated rings. The predicted molar refractivity (Wildman–Crippen MR) is 80.9 cm³/mol. The summed E-state index contributed by atoms with van der Waals surface area (Å²) in [5.74, 6) is -3.22. The van der Waals surface area contributed by atoms with Gasteiger partial charge >= 0.3 is 18.1 Å². The number of ether oxygens (including phenoxy) is 2. The molecule has 0 aliphatic carbocycles. The Morgan fingerprint density at radius 1 is 1.12 bits per heavy atom. The molecule has 0 N–H and O–H groups in total. The van der Waals surface area contributed by atoms with Gasteiger partial charge in [0.15, 0.2) is 5.69 Å². The van der Waals surface area contributed by atoms with E-state index >= 15 is 0 Å². The quantitative estimate of drug-likeness (QED) is 0.393. The molecule has 1 aromatic heterocycles. The molecule has 1 unspecified atom stereocenters. The fraction of sp³-hybridized carbons (Fsp3) is 0.500. The molecule has 1 rings (SSSR count). The average Bonchev–Trinajstić information content (AvgIpc) is 2.58. The van der Waals surface area contributed by atoms with E-state index in [2.05, 4.69) is 14.5 Å². The maximum absolute atomic E-state index is 13.3. The van der Waals surface area contributed by atoms with Crippen molar-refractivity contribution in [2.24, 2.45) is 0 Å². The third-order valence-corrected chi connectivity index (χ3v) is 4.02. The summed E-state index contributed by atoms with van der Waals surface area (Å²) in [7, 11) is 1.61. The van der Waals surface area contributed by atoms with E-state index in [4.69, 9.17) is 23.2 Å². The van der Waals surface area contributed by atoms with E-state index in [1.807, 2.05) is 0 Å². The van der Waals surface area contributed by atoms with Crippen molar-refractivity contribution in [1.82, 2.24) is 4.98 Å². The molecule has 0 aromatic carbocycles. The van der Waals surface area contributed by atoms with Crippen LogP contribution in [0.5, 0.6) is 0 Å². The van der Waals surface area contributed by atoms with E-state index in [-0.39, 0.29) is 5.88 Å². The molecular weight excluding hydrogens is 412 g/mol. The molecule has 1 atom stereocenters. The molecule has 0 saturated heterocycles. The van der Waals surface area contributed by atoms with Gasteiger partial charge in [0.2, 0.25) is 0 Å². The fourth-order valence-electron chi connectivity index (χ4n) is 2.15. The third-order valence-electron chi connectivity index (χ3n) is 3.18. The van der Waals surface area contributed by atoms with Crippen molar-refractivity contribution in [2.45, 2.75) is 24.4 Å².